The van der Waals surface area contributed by atoms with Crippen LogP contribution in [0.1, 0.15) is 5.56 Å². The van der Waals surface area contributed by atoms with Crippen LogP contribution in [0, 0.1) is 11.3 Å². The van der Waals surface area contributed by atoms with Crippen molar-refractivity contribution in [2.75, 3.05) is 6.61 Å². The number of carbonyl (C=O) groups excluding carboxylic acids is 1. The number of para-hydroxylation sites is 1. The quantitative estimate of drug-likeness (QED) is 0.348. The van der Waals surface area contributed by atoms with Gasteiger partial charge in [0.2, 0.25) is 0 Å². The first-order valence-electron chi connectivity index (χ1n) is 5.52. The topological polar surface area (TPSA) is 59.3 Å². The molecule has 1 aromatic rings. The lowest BCUT2D eigenvalue weighted by Crippen LogP contribution is -2.07. The maximum atomic E-state index is 12.2. The highest BCUT2D eigenvalue weighted by Gasteiger charge is 2.13. The van der Waals surface area contributed by atoms with E-state index in [-0.39, 0.29) is 23.5 Å². The normalized spacial score (nSPS) is 10.8. The lowest BCUT2D eigenvalue weighted by atomic mass is 10.1. The van der Waals surface area contributed by atoms with Crippen LogP contribution in [0.15, 0.2) is 42.5 Å². The van der Waals surface area contributed by atoms with Crippen molar-refractivity contribution in [3.8, 4) is 11.8 Å². The molecule has 1 aromatic carbocycles. The summed E-state index contributed by atoms with van der Waals surface area (Å²) in [6.07, 6.45) is 2.48. The molecular weight excluding hydrogens is 268 g/mol. The summed E-state index contributed by atoms with van der Waals surface area (Å²) < 4.78 is 33.5. The predicted molar refractivity (Wildman–Crippen MR) is 67.8 cm³/mol. The summed E-state index contributed by atoms with van der Waals surface area (Å²) in [5.41, 5.74) is -0.142. The Labute approximate surface area is 114 Å². The molecule has 0 spiro atoms. The van der Waals surface area contributed by atoms with E-state index >= 15 is 0 Å². The molecule has 0 saturated carbocycles. The van der Waals surface area contributed by atoms with Gasteiger partial charge >= 0.3 is 12.6 Å². The lowest BCUT2D eigenvalue weighted by Gasteiger charge is -2.07. The Kier molecular flexibility index (Phi) is 5.91. The number of halogens is 2. The van der Waals surface area contributed by atoms with Crippen LogP contribution in [0.5, 0.6) is 5.75 Å². The van der Waals surface area contributed by atoms with Crippen molar-refractivity contribution in [1.29, 1.82) is 5.26 Å². The van der Waals surface area contributed by atoms with Crippen LogP contribution in [0.2, 0.25) is 0 Å². The maximum absolute atomic E-state index is 12.2. The zero-order valence-electron chi connectivity index (χ0n) is 10.4. The van der Waals surface area contributed by atoms with Gasteiger partial charge < -0.3 is 9.47 Å². The molecule has 0 aliphatic rings. The van der Waals surface area contributed by atoms with Crippen molar-refractivity contribution in [1.82, 2.24) is 0 Å². The first kappa shape index (κ1) is 15.4. The number of hydrogen-bond donors (Lipinski definition) is 0. The van der Waals surface area contributed by atoms with Crippen LogP contribution < -0.4 is 4.74 Å². The van der Waals surface area contributed by atoms with Gasteiger partial charge in [0.25, 0.3) is 0 Å². The minimum Gasteiger partial charge on any atom is -0.457 e. The van der Waals surface area contributed by atoms with Crippen molar-refractivity contribution >= 4 is 12.0 Å². The number of benzene rings is 1. The van der Waals surface area contributed by atoms with Gasteiger partial charge in [-0.05, 0) is 12.1 Å². The van der Waals surface area contributed by atoms with E-state index in [0.29, 0.717) is 0 Å². The van der Waals surface area contributed by atoms with Gasteiger partial charge in [-0.3, -0.25) is 0 Å². The average molecular weight is 279 g/mol. The van der Waals surface area contributed by atoms with E-state index < -0.39 is 12.6 Å². The SMILES string of the molecule is C=CCOC(=O)C(C#N)=Cc1ccccc1OC(F)F. The monoisotopic (exact) mass is 279 g/mol. The molecule has 104 valence electrons. The Morgan fingerprint density at radius 1 is 1.45 bits per heavy atom. The summed E-state index contributed by atoms with van der Waals surface area (Å²) >= 11 is 0. The fraction of sp³-hybridized carbons (Fsp3) is 0.143. The van der Waals surface area contributed by atoms with Gasteiger partial charge in [0, 0.05) is 5.56 Å². The zero-order valence-corrected chi connectivity index (χ0v) is 10.4. The molecule has 0 aliphatic carbocycles. The second-order valence-corrected chi connectivity index (χ2v) is 3.47. The van der Waals surface area contributed by atoms with E-state index in [1.54, 1.807) is 12.1 Å². The smallest absolute Gasteiger partial charge is 0.387 e. The maximum Gasteiger partial charge on any atom is 0.387 e. The molecule has 0 heterocycles. The minimum atomic E-state index is -3.00. The molecule has 6 heteroatoms. The summed E-state index contributed by atoms with van der Waals surface area (Å²) in [5.74, 6) is -0.994. The Balaban J connectivity index is 3.04. The third-order valence-electron chi connectivity index (χ3n) is 2.11. The number of esters is 1. The lowest BCUT2D eigenvalue weighted by molar-refractivity contribution is -0.137. The van der Waals surface area contributed by atoms with E-state index in [1.165, 1.54) is 24.3 Å². The number of carbonyl (C=O) groups is 1. The largest absolute Gasteiger partial charge is 0.457 e. The molecule has 0 aliphatic heterocycles. The van der Waals surface area contributed by atoms with E-state index in [4.69, 9.17) is 10.00 Å². The molecule has 0 saturated heterocycles. The Morgan fingerprint density at radius 2 is 2.15 bits per heavy atom. The molecule has 0 fully saturated rings. The fourth-order valence-electron chi connectivity index (χ4n) is 1.31. The molecular formula is C14H11F2NO3. The number of ether oxygens (including phenoxy) is 2. The van der Waals surface area contributed by atoms with Crippen LogP contribution in [-0.2, 0) is 9.53 Å². The molecule has 0 unspecified atom stereocenters. The number of nitrogens with zero attached hydrogens (tertiary/aromatic N) is 1. The van der Waals surface area contributed by atoms with Crippen LogP contribution >= 0.6 is 0 Å². The number of alkyl halides is 2. The fourth-order valence-corrected chi connectivity index (χ4v) is 1.31. The molecule has 0 radical (unpaired) electrons. The van der Waals surface area contributed by atoms with Crippen LogP contribution in [0.25, 0.3) is 6.08 Å². The van der Waals surface area contributed by atoms with Gasteiger partial charge in [-0.2, -0.15) is 14.0 Å². The Morgan fingerprint density at radius 3 is 2.75 bits per heavy atom. The van der Waals surface area contributed by atoms with E-state index in [0.717, 1.165) is 6.08 Å². The van der Waals surface area contributed by atoms with Crippen LogP contribution in [0.4, 0.5) is 8.78 Å². The highest BCUT2D eigenvalue weighted by molar-refractivity contribution is 5.98. The zero-order chi connectivity index (χ0) is 15.0. The Hall–Kier alpha value is -2.68. The van der Waals surface area contributed by atoms with Gasteiger partial charge in [-0.25, -0.2) is 4.79 Å². The summed E-state index contributed by atoms with van der Waals surface area (Å²) in [4.78, 5) is 11.5. The highest BCUT2D eigenvalue weighted by Crippen LogP contribution is 2.23. The molecule has 1 rings (SSSR count). The summed E-state index contributed by atoms with van der Waals surface area (Å²) in [6, 6.07) is 7.46. The highest BCUT2D eigenvalue weighted by atomic mass is 19.3. The van der Waals surface area contributed by atoms with Crippen LogP contribution in [-0.4, -0.2) is 19.2 Å². The number of nitriles is 1. The first-order chi connectivity index (χ1) is 9.58. The van der Waals surface area contributed by atoms with Gasteiger partial charge in [0.15, 0.2) is 0 Å². The third kappa shape index (κ3) is 4.53. The summed E-state index contributed by atoms with van der Waals surface area (Å²) in [6.45, 7) is 0.320. The van der Waals surface area contributed by atoms with Crippen molar-refractivity contribution in [3.63, 3.8) is 0 Å². The predicted octanol–water partition coefficient (Wildman–Crippen LogP) is 2.92. The summed E-state index contributed by atoms with van der Waals surface area (Å²) in [5, 5.41) is 8.90. The average Bonchev–Trinajstić information content (AvgIpc) is 2.43. The first-order valence-corrected chi connectivity index (χ1v) is 5.52. The molecule has 0 aromatic heterocycles. The summed E-state index contributed by atoms with van der Waals surface area (Å²) in [7, 11) is 0. The van der Waals surface area contributed by atoms with Gasteiger partial charge in [0.05, 0.1) is 0 Å². The minimum absolute atomic E-state index is 0.0486. The second kappa shape index (κ2) is 7.69. The molecule has 0 N–H and O–H groups in total. The molecule has 0 atom stereocenters. The molecule has 0 bridgehead atoms. The molecule has 0 amide bonds. The van der Waals surface area contributed by atoms with E-state index in [2.05, 4.69) is 11.3 Å². The molecule has 4 nitrogen and oxygen atoms in total. The van der Waals surface area contributed by atoms with Crippen molar-refractivity contribution < 1.29 is 23.0 Å². The number of hydrogen-bond acceptors (Lipinski definition) is 4. The molecule has 20 heavy (non-hydrogen) atoms. The van der Waals surface area contributed by atoms with Crippen LogP contribution in [0.3, 0.4) is 0 Å². The van der Waals surface area contributed by atoms with Crippen molar-refractivity contribution in [2.24, 2.45) is 0 Å². The van der Waals surface area contributed by atoms with Gasteiger partial charge in [-0.1, -0.05) is 30.9 Å². The second-order valence-electron chi connectivity index (χ2n) is 3.47. The van der Waals surface area contributed by atoms with Gasteiger partial charge in [0.1, 0.15) is 24.0 Å². The standard InChI is InChI=1S/C14H11F2NO3/c1-2-7-19-13(18)11(9-17)8-10-5-3-4-6-12(10)20-14(15)16/h2-6,8,14H,1,7H2. The van der Waals surface area contributed by atoms with E-state index in [1.807, 2.05) is 0 Å². The Bertz CT molecular complexity index is 562. The van der Waals surface area contributed by atoms with Gasteiger partial charge in [-0.15, -0.1) is 0 Å². The number of rotatable bonds is 6. The van der Waals surface area contributed by atoms with E-state index in [9.17, 15) is 13.6 Å². The van der Waals surface area contributed by atoms with Crippen molar-refractivity contribution in [2.45, 2.75) is 6.61 Å². The third-order valence-corrected chi connectivity index (χ3v) is 2.11. The van der Waals surface area contributed by atoms with Crippen molar-refractivity contribution in [3.05, 3.63) is 48.1 Å².